The molecule has 0 aromatic heterocycles. The Hall–Kier alpha value is -0.499. The molecule has 36 heavy (non-hydrogen) atoms. The first kappa shape index (κ1) is 35.5. The van der Waals surface area contributed by atoms with Gasteiger partial charge in [-0.1, -0.05) is 5.57 Å². The normalized spacial score (nSPS) is 12.7. The van der Waals surface area contributed by atoms with E-state index in [1.807, 2.05) is 0 Å². The van der Waals surface area contributed by atoms with Crippen LogP contribution in [-0.2, 0) is 44.6 Å². The van der Waals surface area contributed by atoms with E-state index < -0.39 is 32.4 Å². The number of carboxylic acid groups (broad SMARTS) is 1. The zero-order valence-electron chi connectivity index (χ0n) is 23.6. The molecule has 0 aromatic carbocycles. The summed E-state index contributed by atoms with van der Waals surface area (Å²) >= 11 is 0. The Kier molecular flexibility index (Phi) is 18.4. The van der Waals surface area contributed by atoms with Gasteiger partial charge in [0.15, 0.2) is 0 Å². The molecule has 14 heteroatoms. The second kappa shape index (κ2) is 18.7. The van der Waals surface area contributed by atoms with Crippen molar-refractivity contribution in [3.05, 3.63) is 11.1 Å². The minimum Gasteiger partial charge on any atom is -0.478 e. The summed E-state index contributed by atoms with van der Waals surface area (Å²) < 4.78 is 49.6. The van der Waals surface area contributed by atoms with Crippen LogP contribution in [0, 0.1) is 0 Å². The summed E-state index contributed by atoms with van der Waals surface area (Å²) in [5.41, 5.74) is 1.34. The molecule has 0 aliphatic heterocycles. The Morgan fingerprint density at radius 2 is 0.806 bits per heavy atom. The molecule has 0 heterocycles. The molecule has 0 bridgehead atoms. The summed E-state index contributed by atoms with van der Waals surface area (Å²) in [4.78, 5) is 12.3. The third-order valence-electron chi connectivity index (χ3n) is 6.57. The Morgan fingerprint density at radius 3 is 1.08 bits per heavy atom. The van der Waals surface area contributed by atoms with Gasteiger partial charge in [-0.15, -0.1) is 0 Å². The lowest BCUT2D eigenvalue weighted by Gasteiger charge is -2.26. The van der Waals surface area contributed by atoms with Gasteiger partial charge in [-0.25, -0.2) is 4.79 Å². The summed E-state index contributed by atoms with van der Waals surface area (Å²) in [5.74, 6) is -0.902. The summed E-state index contributed by atoms with van der Waals surface area (Å²) in [6, 6.07) is 1.79. The highest BCUT2D eigenvalue weighted by atomic mass is 28.4. The molecule has 0 fully saturated rings. The average molecular weight is 573 g/mol. The molecule has 0 aromatic rings. The van der Waals surface area contributed by atoms with Crippen LogP contribution in [0.25, 0.3) is 0 Å². The second-order valence-electron chi connectivity index (χ2n) is 8.19. The molecule has 0 aliphatic rings. The molecule has 0 spiro atoms. The van der Waals surface area contributed by atoms with Crippen molar-refractivity contribution in [3.8, 4) is 0 Å². The van der Waals surface area contributed by atoms with Crippen LogP contribution in [0.1, 0.15) is 44.9 Å². The smallest absolute Gasteiger partial charge is 0.478 e. The van der Waals surface area contributed by atoms with E-state index in [9.17, 15) is 9.90 Å². The predicted molar refractivity (Wildman–Crippen MR) is 142 cm³/mol. The van der Waals surface area contributed by atoms with Crippen LogP contribution >= 0.6 is 0 Å². The molecule has 0 atom stereocenters. The minimum atomic E-state index is -2.75. The van der Waals surface area contributed by atoms with Crippen molar-refractivity contribution in [2.45, 2.75) is 63.1 Å². The van der Waals surface area contributed by atoms with Gasteiger partial charge < -0.3 is 44.9 Å². The molecule has 0 amide bonds. The molecule has 0 saturated carbocycles. The van der Waals surface area contributed by atoms with E-state index >= 15 is 0 Å². The van der Waals surface area contributed by atoms with E-state index in [1.165, 1.54) is 0 Å². The third-order valence-corrected chi connectivity index (χ3v) is 15.1. The van der Waals surface area contributed by atoms with Gasteiger partial charge in [-0.3, -0.25) is 0 Å². The standard InChI is InChI=1S/C22H48O11Si3/c1-25-34(26-2,27-3)17-11-10-16-21(22(23)24)20(14-12-18-35(28-4,29-5)30-6)15-13-19-36(31-7,32-8)33-9/h10-19H2,1-9H3,(H,23,24). The fourth-order valence-electron chi connectivity index (χ4n) is 4.21. The molecule has 1 N–H and O–H groups in total. The fourth-order valence-corrected chi connectivity index (χ4v) is 9.45. The van der Waals surface area contributed by atoms with Gasteiger partial charge in [0.05, 0.1) is 0 Å². The minimum absolute atomic E-state index is 0.438. The van der Waals surface area contributed by atoms with Crippen LogP contribution in [0.2, 0.25) is 18.1 Å². The van der Waals surface area contributed by atoms with E-state index in [4.69, 9.17) is 39.8 Å². The van der Waals surface area contributed by atoms with Crippen molar-refractivity contribution < 1.29 is 49.7 Å². The number of aliphatic carboxylic acids is 1. The van der Waals surface area contributed by atoms with Crippen LogP contribution in [0.4, 0.5) is 0 Å². The molecule has 11 nitrogen and oxygen atoms in total. The van der Waals surface area contributed by atoms with Crippen LogP contribution < -0.4 is 0 Å². The average Bonchev–Trinajstić information content (AvgIpc) is 2.91. The van der Waals surface area contributed by atoms with E-state index in [1.54, 1.807) is 64.0 Å². The third kappa shape index (κ3) is 11.1. The van der Waals surface area contributed by atoms with Gasteiger partial charge in [0.1, 0.15) is 0 Å². The molecule has 0 radical (unpaired) electrons. The Bertz CT molecular complexity index is 584. The highest BCUT2D eigenvalue weighted by Crippen LogP contribution is 2.29. The number of carboxylic acids is 1. The zero-order chi connectivity index (χ0) is 27.7. The van der Waals surface area contributed by atoms with Crippen molar-refractivity contribution in [2.24, 2.45) is 0 Å². The number of rotatable bonds is 23. The first-order valence-electron chi connectivity index (χ1n) is 12.1. The first-order valence-corrected chi connectivity index (χ1v) is 17.9. The fraction of sp³-hybridized carbons (Fsp3) is 0.864. The monoisotopic (exact) mass is 572 g/mol. The maximum absolute atomic E-state index is 12.3. The van der Waals surface area contributed by atoms with Crippen LogP contribution in [-0.4, -0.2) is 101 Å². The number of hydrogen-bond acceptors (Lipinski definition) is 10. The molecule has 0 unspecified atom stereocenters. The lowest BCUT2D eigenvalue weighted by molar-refractivity contribution is -0.132. The van der Waals surface area contributed by atoms with Gasteiger partial charge in [-0.05, 0) is 44.9 Å². The Labute approximate surface area is 220 Å². The summed E-state index contributed by atoms with van der Waals surface area (Å²) in [7, 11) is 5.99. The maximum atomic E-state index is 12.3. The SMILES string of the molecule is CO[Si](CCCCC(C(=O)O)=C(CCC[Si](OC)(OC)OC)CCC[Si](OC)(OC)OC)(OC)OC. The van der Waals surface area contributed by atoms with E-state index in [0.717, 1.165) is 12.0 Å². The number of hydrogen-bond donors (Lipinski definition) is 1. The first-order chi connectivity index (χ1) is 17.2. The van der Waals surface area contributed by atoms with Gasteiger partial charge in [0.25, 0.3) is 0 Å². The van der Waals surface area contributed by atoms with Gasteiger partial charge in [0.2, 0.25) is 0 Å². The quantitative estimate of drug-likeness (QED) is 0.109. The maximum Gasteiger partial charge on any atom is 0.500 e. The summed E-state index contributed by atoms with van der Waals surface area (Å²) in [6.07, 6.45) is 4.41. The highest BCUT2D eigenvalue weighted by molar-refractivity contribution is 6.61. The largest absolute Gasteiger partial charge is 0.500 e. The molecule has 214 valence electrons. The lowest BCUT2D eigenvalue weighted by atomic mass is 9.95. The molecule has 0 saturated heterocycles. The molecule has 0 rings (SSSR count). The summed E-state index contributed by atoms with van der Waals surface area (Å²) in [6.45, 7) is 0. The molecular formula is C22H48O11Si3. The number of allylic oxidation sites excluding steroid dienone is 1. The van der Waals surface area contributed by atoms with Gasteiger partial charge in [0, 0.05) is 87.7 Å². The van der Waals surface area contributed by atoms with E-state index in [2.05, 4.69) is 0 Å². The van der Waals surface area contributed by atoms with Crippen molar-refractivity contribution in [2.75, 3.05) is 64.0 Å². The molecular weight excluding hydrogens is 524 g/mol. The molecule has 0 aliphatic carbocycles. The van der Waals surface area contributed by atoms with E-state index in [-0.39, 0.29) is 0 Å². The van der Waals surface area contributed by atoms with Crippen molar-refractivity contribution >= 4 is 32.4 Å². The van der Waals surface area contributed by atoms with E-state index in [0.29, 0.717) is 62.2 Å². The highest BCUT2D eigenvalue weighted by Gasteiger charge is 2.39. The second-order valence-corrected chi connectivity index (χ2v) is 17.5. The topological polar surface area (TPSA) is 120 Å². The van der Waals surface area contributed by atoms with Crippen LogP contribution in [0.15, 0.2) is 11.1 Å². The predicted octanol–water partition coefficient (Wildman–Crippen LogP) is 3.73. The van der Waals surface area contributed by atoms with Crippen molar-refractivity contribution in [1.29, 1.82) is 0 Å². The van der Waals surface area contributed by atoms with Crippen molar-refractivity contribution in [3.63, 3.8) is 0 Å². The Morgan fingerprint density at radius 1 is 0.500 bits per heavy atom. The Balaban J connectivity index is 5.60. The summed E-state index contributed by atoms with van der Waals surface area (Å²) in [5, 5.41) is 10.1. The van der Waals surface area contributed by atoms with Gasteiger partial charge in [-0.2, -0.15) is 0 Å². The number of carbonyl (C=O) groups is 1. The van der Waals surface area contributed by atoms with Crippen molar-refractivity contribution in [1.82, 2.24) is 0 Å². The lowest BCUT2D eigenvalue weighted by Crippen LogP contribution is -2.42. The van der Waals surface area contributed by atoms with Gasteiger partial charge >= 0.3 is 32.4 Å². The number of unbranched alkanes of at least 4 members (excludes halogenated alkanes) is 1. The van der Waals surface area contributed by atoms with Crippen LogP contribution in [0.5, 0.6) is 0 Å². The zero-order valence-corrected chi connectivity index (χ0v) is 26.6. The van der Waals surface area contributed by atoms with Crippen LogP contribution in [0.3, 0.4) is 0 Å².